The van der Waals surface area contributed by atoms with E-state index >= 15 is 0 Å². The molecular formula is C22H31N3O3. The summed E-state index contributed by atoms with van der Waals surface area (Å²) in [5.41, 5.74) is 2.81. The van der Waals surface area contributed by atoms with Crippen LogP contribution in [0.4, 0.5) is 5.88 Å². The van der Waals surface area contributed by atoms with Gasteiger partial charge in [0.25, 0.3) is 0 Å². The quantitative estimate of drug-likeness (QED) is 0.684. The van der Waals surface area contributed by atoms with E-state index in [1.165, 1.54) is 6.42 Å². The van der Waals surface area contributed by atoms with Crippen LogP contribution in [0, 0.1) is 0 Å². The molecule has 1 aliphatic rings. The smallest absolute Gasteiger partial charge is 0.233 e. The fraction of sp³-hybridized carbons (Fsp3) is 0.545. The summed E-state index contributed by atoms with van der Waals surface area (Å²) in [4.78, 5) is 16.7. The largest absolute Gasteiger partial charge is 0.383 e. The fourth-order valence-corrected chi connectivity index (χ4v) is 3.80. The van der Waals surface area contributed by atoms with E-state index < -0.39 is 0 Å². The number of piperidine rings is 1. The van der Waals surface area contributed by atoms with Crippen molar-refractivity contribution in [1.82, 2.24) is 10.1 Å². The second-order valence-corrected chi connectivity index (χ2v) is 7.38. The molecule has 28 heavy (non-hydrogen) atoms. The summed E-state index contributed by atoms with van der Waals surface area (Å²) in [5, 5.41) is 4.43. The maximum absolute atomic E-state index is 12.5. The average molecular weight is 386 g/mol. The molecule has 6 nitrogen and oxygen atoms in total. The van der Waals surface area contributed by atoms with Gasteiger partial charge in [0, 0.05) is 38.2 Å². The van der Waals surface area contributed by atoms with Gasteiger partial charge in [0.15, 0.2) is 0 Å². The molecule has 2 heterocycles. The Balaban J connectivity index is 1.99. The third-order valence-electron chi connectivity index (χ3n) is 5.45. The van der Waals surface area contributed by atoms with Gasteiger partial charge >= 0.3 is 0 Å². The van der Waals surface area contributed by atoms with Crippen molar-refractivity contribution < 1.29 is 14.1 Å². The third kappa shape index (κ3) is 4.55. The molecule has 0 bridgehead atoms. The monoisotopic (exact) mass is 385 g/mol. The van der Waals surface area contributed by atoms with Gasteiger partial charge in [-0.05, 0) is 26.2 Å². The molecule has 152 valence electrons. The van der Waals surface area contributed by atoms with Crippen LogP contribution in [0.2, 0.25) is 0 Å². The molecule has 1 aromatic heterocycles. The number of methoxy groups -OCH3 is 1. The Bertz CT molecular complexity index is 760. The van der Waals surface area contributed by atoms with Gasteiger partial charge in [0.1, 0.15) is 5.69 Å². The number of hydrogen-bond acceptors (Lipinski definition) is 5. The van der Waals surface area contributed by atoms with Gasteiger partial charge in [-0.2, -0.15) is 0 Å². The van der Waals surface area contributed by atoms with Crippen LogP contribution >= 0.6 is 0 Å². The maximum atomic E-state index is 12.5. The van der Waals surface area contributed by atoms with Crippen LogP contribution in [0.25, 0.3) is 11.3 Å². The highest BCUT2D eigenvalue weighted by molar-refractivity contribution is 5.77. The van der Waals surface area contributed by atoms with Crippen LogP contribution in [-0.4, -0.2) is 48.8 Å². The van der Waals surface area contributed by atoms with Crippen LogP contribution in [0.3, 0.4) is 0 Å². The Labute approximate surface area is 167 Å². The van der Waals surface area contributed by atoms with Crippen molar-refractivity contribution in [2.45, 2.75) is 52.1 Å². The number of amides is 1. The minimum Gasteiger partial charge on any atom is -0.383 e. The Morgan fingerprint density at radius 3 is 2.79 bits per heavy atom. The summed E-state index contributed by atoms with van der Waals surface area (Å²) in [6, 6.07) is 10.5. The highest BCUT2D eigenvalue weighted by Crippen LogP contribution is 2.35. The molecule has 1 fully saturated rings. The summed E-state index contributed by atoms with van der Waals surface area (Å²) < 4.78 is 11.1. The van der Waals surface area contributed by atoms with E-state index in [-0.39, 0.29) is 5.91 Å². The second-order valence-electron chi connectivity index (χ2n) is 7.38. The molecule has 1 saturated heterocycles. The van der Waals surface area contributed by atoms with E-state index in [1.807, 2.05) is 42.2 Å². The number of rotatable bonds is 8. The van der Waals surface area contributed by atoms with E-state index in [0.29, 0.717) is 32.2 Å². The van der Waals surface area contributed by atoms with Crippen molar-refractivity contribution in [2.75, 3.05) is 31.7 Å². The van der Waals surface area contributed by atoms with Crippen molar-refractivity contribution in [3.63, 3.8) is 0 Å². The molecule has 1 atom stereocenters. The molecule has 0 spiro atoms. The van der Waals surface area contributed by atoms with Crippen molar-refractivity contribution >= 4 is 11.8 Å². The van der Waals surface area contributed by atoms with Crippen LogP contribution < -0.4 is 4.90 Å². The van der Waals surface area contributed by atoms with Crippen LogP contribution in [-0.2, 0) is 16.1 Å². The summed E-state index contributed by atoms with van der Waals surface area (Å²) in [6.07, 6.45) is 3.99. The molecule has 1 amide bonds. The van der Waals surface area contributed by atoms with Crippen molar-refractivity contribution in [1.29, 1.82) is 0 Å². The average Bonchev–Trinajstić information content (AvgIpc) is 3.14. The van der Waals surface area contributed by atoms with E-state index in [4.69, 9.17) is 9.26 Å². The Morgan fingerprint density at radius 2 is 2.11 bits per heavy atom. The predicted molar refractivity (Wildman–Crippen MR) is 110 cm³/mol. The van der Waals surface area contributed by atoms with E-state index in [0.717, 1.165) is 42.1 Å². The van der Waals surface area contributed by atoms with Crippen molar-refractivity contribution in [3.05, 3.63) is 35.9 Å². The second kappa shape index (κ2) is 9.73. The summed E-state index contributed by atoms with van der Waals surface area (Å²) in [5.74, 6) is 0.910. The first-order chi connectivity index (χ1) is 13.7. The number of carbonyl (C=O) groups is 1. The summed E-state index contributed by atoms with van der Waals surface area (Å²) in [7, 11) is 1.66. The zero-order valence-electron chi connectivity index (χ0n) is 17.2. The Hall–Kier alpha value is -2.34. The lowest BCUT2D eigenvalue weighted by Crippen LogP contribution is -2.39. The Morgan fingerprint density at radius 1 is 1.32 bits per heavy atom. The molecular weight excluding hydrogens is 354 g/mol. The number of carbonyl (C=O) groups excluding carboxylic acids is 1. The number of nitrogens with zero attached hydrogens (tertiary/aromatic N) is 3. The molecule has 0 radical (unpaired) electrons. The lowest BCUT2D eigenvalue weighted by molar-refractivity contribution is -0.132. The van der Waals surface area contributed by atoms with Gasteiger partial charge in [0.2, 0.25) is 11.8 Å². The number of benzene rings is 1. The molecule has 0 aliphatic carbocycles. The van der Waals surface area contributed by atoms with Gasteiger partial charge in [-0.25, -0.2) is 0 Å². The molecule has 3 rings (SSSR count). The summed E-state index contributed by atoms with van der Waals surface area (Å²) in [6.45, 7) is 6.61. The third-order valence-corrected chi connectivity index (χ3v) is 5.45. The van der Waals surface area contributed by atoms with Gasteiger partial charge in [0.05, 0.1) is 18.7 Å². The van der Waals surface area contributed by atoms with Crippen LogP contribution in [0.1, 0.15) is 45.1 Å². The van der Waals surface area contributed by atoms with E-state index in [2.05, 4.69) is 17.0 Å². The van der Waals surface area contributed by atoms with Crippen LogP contribution in [0.5, 0.6) is 0 Å². The lowest BCUT2D eigenvalue weighted by Gasteiger charge is -2.34. The fourth-order valence-electron chi connectivity index (χ4n) is 3.80. The minimum absolute atomic E-state index is 0.106. The van der Waals surface area contributed by atoms with E-state index in [9.17, 15) is 4.79 Å². The van der Waals surface area contributed by atoms with Gasteiger partial charge in [-0.1, -0.05) is 42.4 Å². The minimum atomic E-state index is 0.106. The Kier molecular flexibility index (Phi) is 7.09. The highest BCUT2D eigenvalue weighted by Gasteiger charge is 2.29. The zero-order chi connectivity index (χ0) is 19.9. The molecule has 1 aliphatic heterocycles. The zero-order valence-corrected chi connectivity index (χ0v) is 17.2. The van der Waals surface area contributed by atoms with Crippen LogP contribution in [0.15, 0.2) is 34.9 Å². The maximum Gasteiger partial charge on any atom is 0.233 e. The molecule has 0 unspecified atom stereocenters. The molecule has 0 saturated carbocycles. The summed E-state index contributed by atoms with van der Waals surface area (Å²) >= 11 is 0. The van der Waals surface area contributed by atoms with Gasteiger partial charge in [-0.15, -0.1) is 0 Å². The highest BCUT2D eigenvalue weighted by atomic mass is 16.5. The topological polar surface area (TPSA) is 58.8 Å². The predicted octanol–water partition coefficient (Wildman–Crippen LogP) is 4.11. The van der Waals surface area contributed by atoms with Crippen molar-refractivity contribution in [2.24, 2.45) is 0 Å². The SMILES string of the molecule is CCC(=O)N(CCOC)Cc1c(-c2ccccc2)noc1N1CCCC[C@H]1C. The number of anilines is 1. The van der Waals surface area contributed by atoms with Crippen molar-refractivity contribution in [3.8, 4) is 11.3 Å². The molecule has 2 aromatic rings. The standard InChI is InChI=1S/C22H31N3O3/c1-4-20(26)24(14-15-27-3)16-19-21(18-11-6-5-7-12-18)23-28-22(19)25-13-9-8-10-17(25)2/h5-7,11-12,17H,4,8-10,13-16H2,1-3H3/t17-/m1/s1. The lowest BCUT2D eigenvalue weighted by atomic mass is 10.0. The first-order valence-electron chi connectivity index (χ1n) is 10.2. The van der Waals surface area contributed by atoms with Gasteiger partial charge < -0.3 is 19.1 Å². The number of ether oxygens (including phenoxy) is 1. The molecule has 1 aromatic carbocycles. The number of hydrogen-bond donors (Lipinski definition) is 0. The first-order valence-corrected chi connectivity index (χ1v) is 10.2. The van der Waals surface area contributed by atoms with Gasteiger partial charge in [-0.3, -0.25) is 4.79 Å². The number of aromatic nitrogens is 1. The normalized spacial score (nSPS) is 17.0. The first kappa shape index (κ1) is 20.4. The molecule has 0 N–H and O–H groups in total. The van der Waals surface area contributed by atoms with E-state index in [1.54, 1.807) is 7.11 Å². The molecule has 6 heteroatoms.